The molecule has 0 saturated carbocycles. The summed E-state index contributed by atoms with van der Waals surface area (Å²) in [6.45, 7) is 2.96. The maximum Gasteiger partial charge on any atom is 0.262 e. The van der Waals surface area contributed by atoms with E-state index in [1.54, 1.807) is 4.57 Å². The maximum absolute atomic E-state index is 12.8. The van der Waals surface area contributed by atoms with Gasteiger partial charge >= 0.3 is 0 Å². The third-order valence-electron chi connectivity index (χ3n) is 5.34. The number of benzene rings is 3. The standard InChI is InChI=1S/C24H21N5O/c1-2-28-23(30)19-13-7-9-15-21(19)29-22(26-27-24(28)29)16-25-20-14-8-6-12-18(20)17-10-4-3-5-11-17/h3-15,25H,2,16H2,1H3. The Bertz CT molecular complexity index is 1400. The summed E-state index contributed by atoms with van der Waals surface area (Å²) in [7, 11) is 0. The molecule has 2 heterocycles. The maximum atomic E-state index is 12.8. The minimum absolute atomic E-state index is 0.0399. The molecule has 6 heteroatoms. The van der Waals surface area contributed by atoms with E-state index < -0.39 is 0 Å². The number of nitrogens with zero attached hydrogens (tertiary/aromatic N) is 4. The first-order valence-electron chi connectivity index (χ1n) is 10.0. The van der Waals surface area contributed by atoms with Crippen molar-refractivity contribution in [2.75, 3.05) is 5.32 Å². The number of fused-ring (bicyclic) bond motifs is 3. The van der Waals surface area contributed by atoms with Crippen molar-refractivity contribution in [3.63, 3.8) is 0 Å². The predicted octanol–water partition coefficient (Wildman–Crippen LogP) is 4.34. The molecule has 1 N–H and O–H groups in total. The Labute approximate surface area is 173 Å². The fourth-order valence-corrected chi connectivity index (χ4v) is 3.89. The average Bonchev–Trinajstić information content (AvgIpc) is 3.23. The van der Waals surface area contributed by atoms with Gasteiger partial charge in [-0.05, 0) is 30.7 Å². The van der Waals surface area contributed by atoms with Crippen LogP contribution in [0.2, 0.25) is 0 Å². The summed E-state index contributed by atoms with van der Waals surface area (Å²) in [6.07, 6.45) is 0. The Morgan fingerprint density at radius 1 is 0.867 bits per heavy atom. The van der Waals surface area contributed by atoms with Crippen LogP contribution in [-0.4, -0.2) is 19.2 Å². The van der Waals surface area contributed by atoms with Crippen LogP contribution in [-0.2, 0) is 13.1 Å². The van der Waals surface area contributed by atoms with E-state index in [0.717, 1.165) is 28.2 Å². The van der Waals surface area contributed by atoms with Gasteiger partial charge in [0.1, 0.15) is 0 Å². The highest BCUT2D eigenvalue weighted by molar-refractivity contribution is 5.81. The van der Waals surface area contributed by atoms with E-state index in [1.165, 1.54) is 0 Å². The second kappa shape index (κ2) is 7.48. The van der Waals surface area contributed by atoms with E-state index in [-0.39, 0.29) is 5.56 Å². The van der Waals surface area contributed by atoms with Crippen molar-refractivity contribution in [1.29, 1.82) is 0 Å². The van der Waals surface area contributed by atoms with Crippen molar-refractivity contribution in [3.05, 3.63) is 95.0 Å². The summed E-state index contributed by atoms with van der Waals surface area (Å²) in [4.78, 5) is 12.8. The smallest absolute Gasteiger partial charge is 0.262 e. The van der Waals surface area contributed by atoms with E-state index in [4.69, 9.17) is 0 Å². The van der Waals surface area contributed by atoms with E-state index in [9.17, 15) is 4.79 Å². The van der Waals surface area contributed by atoms with Crippen molar-refractivity contribution in [2.24, 2.45) is 0 Å². The molecule has 0 bridgehead atoms. The number of nitrogens with one attached hydrogen (secondary N) is 1. The first kappa shape index (κ1) is 18.1. The number of rotatable bonds is 5. The molecule has 5 rings (SSSR count). The minimum Gasteiger partial charge on any atom is -0.377 e. The van der Waals surface area contributed by atoms with E-state index >= 15 is 0 Å². The molecule has 0 saturated heterocycles. The van der Waals surface area contributed by atoms with Crippen LogP contribution in [0.5, 0.6) is 0 Å². The summed E-state index contributed by atoms with van der Waals surface area (Å²) in [5.41, 5.74) is 4.08. The number of hydrogen-bond acceptors (Lipinski definition) is 4. The molecule has 30 heavy (non-hydrogen) atoms. The third-order valence-corrected chi connectivity index (χ3v) is 5.34. The summed E-state index contributed by atoms with van der Waals surface area (Å²) >= 11 is 0. The summed E-state index contributed by atoms with van der Waals surface area (Å²) in [5, 5.41) is 12.9. The fourth-order valence-electron chi connectivity index (χ4n) is 3.89. The Balaban J connectivity index is 1.59. The van der Waals surface area contributed by atoms with Gasteiger partial charge in [0.2, 0.25) is 5.78 Å². The van der Waals surface area contributed by atoms with Crippen molar-refractivity contribution < 1.29 is 0 Å². The van der Waals surface area contributed by atoms with Crippen LogP contribution < -0.4 is 10.9 Å². The van der Waals surface area contributed by atoms with E-state index in [0.29, 0.717) is 24.3 Å². The van der Waals surface area contributed by atoms with Crippen molar-refractivity contribution in [2.45, 2.75) is 20.0 Å². The van der Waals surface area contributed by atoms with Gasteiger partial charge in [-0.2, -0.15) is 0 Å². The molecule has 6 nitrogen and oxygen atoms in total. The summed E-state index contributed by atoms with van der Waals surface area (Å²) in [6, 6.07) is 26.1. The molecule has 0 radical (unpaired) electrons. The zero-order valence-electron chi connectivity index (χ0n) is 16.6. The molecule has 0 amide bonds. The molecular formula is C24H21N5O. The SMILES string of the molecule is CCn1c(=O)c2ccccc2n2c(CNc3ccccc3-c3ccccc3)nnc12. The quantitative estimate of drug-likeness (QED) is 0.481. The van der Waals surface area contributed by atoms with Crippen LogP contribution in [0, 0.1) is 0 Å². The van der Waals surface area contributed by atoms with Gasteiger partial charge < -0.3 is 5.32 Å². The molecule has 0 atom stereocenters. The second-order valence-corrected chi connectivity index (χ2v) is 7.08. The average molecular weight is 395 g/mol. The lowest BCUT2D eigenvalue weighted by Gasteiger charge is -2.13. The van der Waals surface area contributed by atoms with Crippen molar-refractivity contribution in [3.8, 4) is 11.1 Å². The lowest BCUT2D eigenvalue weighted by molar-refractivity contribution is 0.734. The molecule has 2 aromatic heterocycles. The number of aryl methyl sites for hydroxylation is 1. The van der Waals surface area contributed by atoms with E-state index in [2.05, 4.69) is 39.8 Å². The van der Waals surface area contributed by atoms with Gasteiger partial charge in [0, 0.05) is 17.8 Å². The fraction of sp³-hybridized carbons (Fsp3) is 0.125. The number of anilines is 1. The van der Waals surface area contributed by atoms with Gasteiger partial charge in [-0.1, -0.05) is 60.7 Å². The Hall–Kier alpha value is -3.93. The second-order valence-electron chi connectivity index (χ2n) is 7.08. The largest absolute Gasteiger partial charge is 0.377 e. The molecule has 0 aliphatic carbocycles. The zero-order chi connectivity index (χ0) is 20.5. The lowest BCUT2D eigenvalue weighted by Crippen LogP contribution is -2.23. The predicted molar refractivity (Wildman–Crippen MR) is 120 cm³/mol. The van der Waals surface area contributed by atoms with Gasteiger partial charge in [-0.25, -0.2) is 0 Å². The molecule has 0 spiro atoms. The highest BCUT2D eigenvalue weighted by Gasteiger charge is 2.15. The highest BCUT2D eigenvalue weighted by atomic mass is 16.1. The van der Waals surface area contributed by atoms with Crippen LogP contribution in [0.1, 0.15) is 12.7 Å². The molecule has 0 aliphatic rings. The Morgan fingerprint density at radius 3 is 2.43 bits per heavy atom. The minimum atomic E-state index is -0.0399. The molecule has 5 aromatic rings. The number of aromatic nitrogens is 4. The molecule has 0 fully saturated rings. The van der Waals surface area contributed by atoms with Gasteiger partial charge in [0.15, 0.2) is 5.82 Å². The van der Waals surface area contributed by atoms with Crippen molar-refractivity contribution in [1.82, 2.24) is 19.2 Å². The monoisotopic (exact) mass is 395 g/mol. The van der Waals surface area contributed by atoms with E-state index in [1.807, 2.05) is 65.9 Å². The van der Waals surface area contributed by atoms with Gasteiger partial charge in [-0.15, -0.1) is 10.2 Å². The van der Waals surface area contributed by atoms with Crippen LogP contribution in [0.4, 0.5) is 5.69 Å². The highest BCUT2D eigenvalue weighted by Crippen LogP contribution is 2.28. The Kier molecular flexibility index (Phi) is 4.52. The van der Waals surface area contributed by atoms with Crippen LogP contribution >= 0.6 is 0 Å². The van der Waals surface area contributed by atoms with Crippen LogP contribution in [0.3, 0.4) is 0 Å². The molecular weight excluding hydrogens is 374 g/mol. The first-order chi connectivity index (χ1) is 14.8. The number of hydrogen-bond donors (Lipinski definition) is 1. The first-order valence-corrected chi connectivity index (χ1v) is 10.0. The van der Waals surface area contributed by atoms with Crippen LogP contribution in [0.15, 0.2) is 83.7 Å². The van der Waals surface area contributed by atoms with Crippen molar-refractivity contribution >= 4 is 22.4 Å². The molecule has 3 aromatic carbocycles. The molecule has 0 aliphatic heterocycles. The lowest BCUT2D eigenvalue weighted by atomic mass is 10.0. The molecule has 0 unspecified atom stereocenters. The van der Waals surface area contributed by atoms with Crippen LogP contribution in [0.25, 0.3) is 27.8 Å². The number of para-hydroxylation sites is 2. The Morgan fingerprint density at radius 2 is 1.60 bits per heavy atom. The molecule has 148 valence electrons. The normalized spacial score (nSPS) is 11.2. The van der Waals surface area contributed by atoms with Gasteiger partial charge in [0.05, 0.1) is 17.4 Å². The summed E-state index contributed by atoms with van der Waals surface area (Å²) < 4.78 is 3.63. The zero-order valence-corrected chi connectivity index (χ0v) is 16.6. The third kappa shape index (κ3) is 2.93. The van der Waals surface area contributed by atoms with Gasteiger partial charge in [0.25, 0.3) is 5.56 Å². The topological polar surface area (TPSA) is 64.2 Å². The summed E-state index contributed by atoms with van der Waals surface area (Å²) in [5.74, 6) is 1.32. The van der Waals surface area contributed by atoms with Gasteiger partial charge in [-0.3, -0.25) is 13.8 Å².